The summed E-state index contributed by atoms with van der Waals surface area (Å²) in [7, 11) is 0. The Morgan fingerprint density at radius 3 is 1.29 bits per heavy atom. The zero-order chi connectivity index (χ0) is 4.71. The Labute approximate surface area is 99.9 Å². The second kappa shape index (κ2) is 37.2. The van der Waals surface area contributed by atoms with Crippen LogP contribution in [0.1, 0.15) is 0 Å². The Hall–Kier alpha value is 2.78. The first-order valence-corrected chi connectivity index (χ1v) is 3.21. The van der Waals surface area contributed by atoms with E-state index in [1.165, 1.54) is 0 Å². The average molecular weight is 649 g/mol. The average Bonchev–Trinajstić information content (AvgIpc) is 1.46. The summed E-state index contributed by atoms with van der Waals surface area (Å²) in [4.78, 5) is 0. The zero-order valence-electron chi connectivity index (χ0n) is 3.13. The van der Waals surface area contributed by atoms with E-state index >= 15 is 0 Å². The SMILES string of the molecule is BrOBr.Cl.[BiH3].[O]=[Bi]. The molecule has 0 bridgehead atoms. The van der Waals surface area contributed by atoms with Crippen molar-refractivity contribution < 1.29 is 5.73 Å². The van der Waals surface area contributed by atoms with Gasteiger partial charge in [0.2, 0.25) is 0 Å². The van der Waals surface area contributed by atoms with Gasteiger partial charge in [-0.15, -0.1) is 12.4 Å². The zero-order valence-corrected chi connectivity index (χ0v) is 16.1. The van der Waals surface area contributed by atoms with E-state index < -0.39 is 0 Å². The molecule has 2 nitrogen and oxygen atoms in total. The first-order valence-electron chi connectivity index (χ1n) is 0.491. The van der Waals surface area contributed by atoms with E-state index in [4.69, 9.17) is 2.81 Å². The van der Waals surface area contributed by atoms with E-state index in [-0.39, 0.29) is 63.3 Å². The van der Waals surface area contributed by atoms with Crippen molar-refractivity contribution in [2.45, 2.75) is 0 Å². The van der Waals surface area contributed by atoms with Crippen molar-refractivity contribution >= 4 is 95.9 Å². The van der Waals surface area contributed by atoms with Crippen molar-refractivity contribution in [3.63, 3.8) is 0 Å². The van der Waals surface area contributed by atoms with Gasteiger partial charge in [-0.05, 0) is 0 Å². The first kappa shape index (κ1) is 22.6. The van der Waals surface area contributed by atoms with E-state index in [0.29, 0.717) is 0 Å². The normalized spacial score (nSPS) is 3.14. The molecule has 0 fully saturated rings. The van der Waals surface area contributed by atoms with Gasteiger partial charge in [-0.25, -0.2) is 2.92 Å². The number of halogens is 3. The molecule has 7 heavy (non-hydrogen) atoms. The summed E-state index contributed by atoms with van der Waals surface area (Å²) < 4.78 is 12.2. The van der Waals surface area contributed by atoms with E-state index in [2.05, 4.69) is 35.4 Å². The molecule has 0 aliphatic heterocycles. The molecule has 0 N–H and O–H groups in total. The topological polar surface area (TPSA) is 26.3 Å². The van der Waals surface area contributed by atoms with Crippen LogP contribution in [0.2, 0.25) is 0 Å². The molecule has 0 aromatic carbocycles. The van der Waals surface area contributed by atoms with Gasteiger partial charge in [0.05, 0.1) is 0 Å². The van der Waals surface area contributed by atoms with E-state index in [0.717, 1.165) is 0 Å². The fraction of sp³-hybridized carbons (Fsp3) is 0. The summed E-state index contributed by atoms with van der Waals surface area (Å²) in [5, 5.41) is 0. The third kappa shape index (κ3) is 52.3. The molecule has 0 rings (SSSR count). The summed E-state index contributed by atoms with van der Waals surface area (Å²) >= 11 is 5.32. The molecule has 0 aliphatic carbocycles. The van der Waals surface area contributed by atoms with E-state index in [1.807, 2.05) is 0 Å². The molecule has 0 heterocycles. The van der Waals surface area contributed by atoms with Crippen LogP contribution in [0, 0.1) is 0 Å². The van der Waals surface area contributed by atoms with Gasteiger partial charge in [0.1, 0.15) is 32.5 Å². The number of rotatable bonds is 0. The molecule has 0 amide bonds. The molecule has 0 atom stereocenters. The molecule has 0 saturated carbocycles. The van der Waals surface area contributed by atoms with Crippen LogP contribution in [0.3, 0.4) is 0 Å². The number of hydrogen-bond donors (Lipinski definition) is 0. The Balaban J connectivity index is -0.0000000105. The van der Waals surface area contributed by atoms with Crippen molar-refractivity contribution in [3.05, 3.63) is 0 Å². The van der Waals surface area contributed by atoms with Gasteiger partial charge in [0.25, 0.3) is 0 Å². The predicted octanol–water partition coefficient (Wildman–Crippen LogP) is 0.361. The van der Waals surface area contributed by atoms with Gasteiger partial charge in [0.15, 0.2) is 0 Å². The van der Waals surface area contributed by atoms with E-state index in [1.54, 1.807) is 0 Å². The fourth-order valence-electron chi connectivity index (χ4n) is 0. The molecule has 7 heteroatoms. The van der Waals surface area contributed by atoms with Crippen molar-refractivity contribution in [1.29, 1.82) is 0 Å². The molecular weight excluding hydrogens is 645 g/mol. The van der Waals surface area contributed by atoms with Gasteiger partial charge < -0.3 is 0 Å². The van der Waals surface area contributed by atoms with Crippen LogP contribution in [0.4, 0.5) is 0 Å². The summed E-state index contributed by atoms with van der Waals surface area (Å²) in [5.41, 5.74) is 0. The third-order valence-electron chi connectivity index (χ3n) is 0. The fourth-order valence-corrected chi connectivity index (χ4v) is 0. The standard InChI is InChI=1S/2Bi.Br2O.ClH.O.3H/c;;1-3-2;;;;;/h;;;1H;;;;. The number of hydrogen-bond acceptors (Lipinski definition) is 2. The van der Waals surface area contributed by atoms with E-state index in [9.17, 15) is 0 Å². The Bertz CT molecular complexity index is 17.7. The molecule has 0 aliphatic rings. The Morgan fingerprint density at radius 1 is 1.29 bits per heavy atom. The van der Waals surface area contributed by atoms with Crippen LogP contribution in [0.15, 0.2) is 0 Å². The van der Waals surface area contributed by atoms with Gasteiger partial charge in [0, 0.05) is 0 Å². The molecule has 0 unspecified atom stereocenters. The first-order chi connectivity index (χ1) is 2.41. The summed E-state index contributed by atoms with van der Waals surface area (Å²) in [6.45, 7) is 0. The van der Waals surface area contributed by atoms with Gasteiger partial charge in [-0.1, -0.05) is 0 Å². The molecule has 1 radical (unpaired) electrons. The minimum absolute atomic E-state index is 0. The molecule has 47 valence electrons. The molecule has 0 spiro atoms. The van der Waals surface area contributed by atoms with Gasteiger partial charge in [-0.2, -0.15) is 0 Å². The molecule has 0 aromatic heterocycles. The van der Waals surface area contributed by atoms with Crippen LogP contribution < -0.4 is 0 Å². The maximum atomic E-state index is 8.36. The quantitative estimate of drug-likeness (QED) is 0.355. The molecule has 0 saturated heterocycles. The summed E-state index contributed by atoms with van der Waals surface area (Å²) in [6.07, 6.45) is 0. The van der Waals surface area contributed by atoms with Crippen LogP contribution in [0.25, 0.3) is 0 Å². The third-order valence-corrected chi connectivity index (χ3v) is 0. The van der Waals surface area contributed by atoms with Crippen molar-refractivity contribution in [1.82, 2.24) is 0 Å². The maximum absolute atomic E-state index is 8.36. The minimum atomic E-state index is 0. The second-order valence-corrected chi connectivity index (χ2v) is 1.57. The van der Waals surface area contributed by atoms with Crippen LogP contribution >= 0.6 is 44.9 Å². The summed E-state index contributed by atoms with van der Waals surface area (Å²) in [6, 6.07) is 0. The monoisotopic (exact) mass is 647 g/mol. The van der Waals surface area contributed by atoms with Gasteiger partial charge in [-0.3, -0.25) is 0 Å². The van der Waals surface area contributed by atoms with Crippen molar-refractivity contribution in [3.8, 4) is 0 Å². The van der Waals surface area contributed by atoms with Gasteiger partial charge >= 0.3 is 53.7 Å². The molecular formula is H4Bi2Br2ClO2. The van der Waals surface area contributed by atoms with Crippen molar-refractivity contribution in [2.24, 2.45) is 0 Å². The summed E-state index contributed by atoms with van der Waals surface area (Å²) in [5.74, 6) is 0. The van der Waals surface area contributed by atoms with Crippen LogP contribution in [-0.4, -0.2) is 50.9 Å². The Morgan fingerprint density at radius 2 is 1.29 bits per heavy atom. The predicted molar refractivity (Wildman–Crippen MR) is 42.6 cm³/mol. The van der Waals surface area contributed by atoms with Crippen molar-refractivity contribution in [2.75, 3.05) is 0 Å². The second-order valence-electron chi connectivity index (χ2n) is 0.0583. The van der Waals surface area contributed by atoms with Crippen LogP contribution in [0.5, 0.6) is 0 Å². The molecule has 0 aromatic rings. The Kier molecular flexibility index (Phi) is 120. The van der Waals surface area contributed by atoms with Crippen LogP contribution in [-0.2, 0) is 5.73 Å².